The Balaban J connectivity index is 2.38. The summed E-state index contributed by atoms with van der Waals surface area (Å²) in [5.41, 5.74) is 1.07. The SMILES string of the molecule is CNC(CCO)CSc1ncc(C)cn1. The fourth-order valence-electron chi connectivity index (χ4n) is 1.10. The van der Waals surface area contributed by atoms with Crippen LogP contribution in [0.3, 0.4) is 0 Å². The van der Waals surface area contributed by atoms with E-state index in [-0.39, 0.29) is 6.61 Å². The first-order chi connectivity index (χ1) is 7.26. The van der Waals surface area contributed by atoms with Crippen LogP contribution >= 0.6 is 11.8 Å². The standard InChI is InChI=1S/C10H17N3OS/c1-8-5-12-10(13-6-8)15-7-9(11-2)3-4-14/h5-6,9,11,14H,3-4,7H2,1-2H3. The summed E-state index contributed by atoms with van der Waals surface area (Å²) in [6.45, 7) is 2.18. The van der Waals surface area contributed by atoms with E-state index >= 15 is 0 Å². The molecule has 0 aromatic carbocycles. The lowest BCUT2D eigenvalue weighted by molar-refractivity contribution is 0.273. The molecule has 1 rings (SSSR count). The van der Waals surface area contributed by atoms with Gasteiger partial charge in [0.15, 0.2) is 5.16 Å². The van der Waals surface area contributed by atoms with Crippen molar-refractivity contribution in [2.24, 2.45) is 0 Å². The maximum absolute atomic E-state index is 8.82. The molecule has 0 saturated carbocycles. The van der Waals surface area contributed by atoms with Crippen LogP contribution in [0.5, 0.6) is 0 Å². The Morgan fingerprint density at radius 2 is 2.13 bits per heavy atom. The molecule has 84 valence electrons. The van der Waals surface area contributed by atoms with Gasteiger partial charge in [-0.1, -0.05) is 11.8 Å². The highest BCUT2D eigenvalue weighted by atomic mass is 32.2. The topological polar surface area (TPSA) is 58.0 Å². The summed E-state index contributed by atoms with van der Waals surface area (Å²) >= 11 is 1.61. The van der Waals surface area contributed by atoms with Gasteiger partial charge in [0.05, 0.1) is 0 Å². The fourth-order valence-corrected chi connectivity index (χ4v) is 2.04. The molecule has 0 amide bonds. The van der Waals surface area contributed by atoms with Crippen LogP contribution in [0.4, 0.5) is 0 Å². The lowest BCUT2D eigenvalue weighted by atomic mass is 10.2. The van der Waals surface area contributed by atoms with E-state index in [2.05, 4.69) is 15.3 Å². The molecule has 0 radical (unpaired) electrons. The van der Waals surface area contributed by atoms with E-state index in [1.54, 1.807) is 11.8 Å². The van der Waals surface area contributed by atoms with Gasteiger partial charge >= 0.3 is 0 Å². The second-order valence-corrected chi connectivity index (χ2v) is 4.34. The maximum Gasteiger partial charge on any atom is 0.187 e. The molecule has 0 fully saturated rings. The number of nitrogens with one attached hydrogen (secondary N) is 1. The predicted octanol–water partition coefficient (Wildman–Crippen LogP) is 0.848. The van der Waals surface area contributed by atoms with Gasteiger partial charge in [0.1, 0.15) is 0 Å². The highest BCUT2D eigenvalue weighted by Crippen LogP contribution is 2.14. The van der Waals surface area contributed by atoms with Crippen molar-refractivity contribution < 1.29 is 5.11 Å². The lowest BCUT2D eigenvalue weighted by Gasteiger charge is -2.13. The predicted molar refractivity (Wildman–Crippen MR) is 62.0 cm³/mol. The van der Waals surface area contributed by atoms with Gasteiger partial charge in [-0.25, -0.2) is 9.97 Å². The minimum absolute atomic E-state index is 0.209. The van der Waals surface area contributed by atoms with Gasteiger partial charge in [0, 0.05) is 30.8 Å². The maximum atomic E-state index is 8.82. The van der Waals surface area contributed by atoms with E-state index in [1.165, 1.54) is 0 Å². The Morgan fingerprint density at radius 3 is 2.67 bits per heavy atom. The number of thioether (sulfide) groups is 1. The van der Waals surface area contributed by atoms with Gasteiger partial charge in [-0.15, -0.1) is 0 Å². The second-order valence-electron chi connectivity index (χ2n) is 3.35. The average molecular weight is 227 g/mol. The summed E-state index contributed by atoms with van der Waals surface area (Å²) in [6.07, 6.45) is 4.39. The van der Waals surface area contributed by atoms with Crippen LogP contribution in [0.15, 0.2) is 17.6 Å². The third-order valence-electron chi connectivity index (χ3n) is 2.06. The van der Waals surface area contributed by atoms with Crippen LogP contribution in [0, 0.1) is 6.92 Å². The molecule has 1 atom stereocenters. The molecule has 2 N–H and O–H groups in total. The van der Waals surface area contributed by atoms with Crippen molar-refractivity contribution in [3.05, 3.63) is 18.0 Å². The van der Waals surface area contributed by atoms with Crippen LogP contribution in [-0.2, 0) is 0 Å². The van der Waals surface area contributed by atoms with E-state index in [1.807, 2.05) is 26.4 Å². The number of rotatable bonds is 6. The van der Waals surface area contributed by atoms with Gasteiger partial charge in [-0.05, 0) is 26.0 Å². The van der Waals surface area contributed by atoms with Gasteiger partial charge in [-0.2, -0.15) is 0 Å². The molecule has 0 aliphatic rings. The summed E-state index contributed by atoms with van der Waals surface area (Å²) in [5.74, 6) is 0.875. The number of nitrogens with zero attached hydrogens (tertiary/aromatic N) is 2. The van der Waals surface area contributed by atoms with Crippen LogP contribution < -0.4 is 5.32 Å². The molecule has 0 saturated heterocycles. The second kappa shape index (κ2) is 6.76. The molecule has 1 aromatic heterocycles. The Bertz CT molecular complexity index is 279. The highest BCUT2D eigenvalue weighted by Gasteiger charge is 2.06. The van der Waals surface area contributed by atoms with E-state index in [0.717, 1.165) is 22.9 Å². The largest absolute Gasteiger partial charge is 0.396 e. The molecule has 0 aliphatic carbocycles. The minimum Gasteiger partial charge on any atom is -0.396 e. The zero-order valence-corrected chi connectivity index (χ0v) is 9.92. The number of aryl methyl sites for hydroxylation is 1. The quantitative estimate of drug-likeness (QED) is 0.557. The molecule has 4 nitrogen and oxygen atoms in total. The van der Waals surface area contributed by atoms with Crippen molar-refractivity contribution in [2.75, 3.05) is 19.4 Å². The molecule has 1 aromatic rings. The number of hydrogen-bond donors (Lipinski definition) is 2. The van der Waals surface area contributed by atoms with Crippen molar-refractivity contribution in [2.45, 2.75) is 24.5 Å². The van der Waals surface area contributed by atoms with E-state index < -0.39 is 0 Å². The first kappa shape index (κ1) is 12.4. The summed E-state index contributed by atoms with van der Waals surface area (Å²) in [4.78, 5) is 8.41. The third-order valence-corrected chi connectivity index (χ3v) is 3.09. The molecule has 0 spiro atoms. The normalized spacial score (nSPS) is 12.7. The van der Waals surface area contributed by atoms with Crippen LogP contribution in [0.25, 0.3) is 0 Å². The Hall–Kier alpha value is -0.650. The molecule has 1 unspecified atom stereocenters. The molecular weight excluding hydrogens is 210 g/mol. The third kappa shape index (κ3) is 4.59. The summed E-state index contributed by atoms with van der Waals surface area (Å²) in [5, 5.41) is 12.8. The van der Waals surface area contributed by atoms with Crippen LogP contribution in [0.2, 0.25) is 0 Å². The molecule has 5 heteroatoms. The number of aliphatic hydroxyl groups is 1. The van der Waals surface area contributed by atoms with E-state index in [9.17, 15) is 0 Å². The molecule has 15 heavy (non-hydrogen) atoms. The molecule has 1 heterocycles. The Morgan fingerprint density at radius 1 is 1.47 bits per heavy atom. The van der Waals surface area contributed by atoms with Gasteiger partial charge in [0.25, 0.3) is 0 Å². The van der Waals surface area contributed by atoms with Gasteiger partial charge in [0.2, 0.25) is 0 Å². The van der Waals surface area contributed by atoms with Crippen molar-refractivity contribution >= 4 is 11.8 Å². The molecular formula is C10H17N3OS. The van der Waals surface area contributed by atoms with Crippen LogP contribution in [-0.4, -0.2) is 40.5 Å². The smallest absolute Gasteiger partial charge is 0.187 e. The van der Waals surface area contributed by atoms with E-state index in [0.29, 0.717) is 6.04 Å². The Kier molecular flexibility index (Phi) is 5.60. The van der Waals surface area contributed by atoms with Crippen molar-refractivity contribution in [1.29, 1.82) is 0 Å². The zero-order chi connectivity index (χ0) is 11.1. The lowest BCUT2D eigenvalue weighted by Crippen LogP contribution is -2.28. The zero-order valence-electron chi connectivity index (χ0n) is 9.10. The van der Waals surface area contributed by atoms with Crippen molar-refractivity contribution in [1.82, 2.24) is 15.3 Å². The molecule has 0 aliphatic heterocycles. The summed E-state index contributed by atoms with van der Waals surface area (Å²) < 4.78 is 0. The van der Waals surface area contributed by atoms with Gasteiger partial charge < -0.3 is 10.4 Å². The number of aromatic nitrogens is 2. The first-order valence-electron chi connectivity index (χ1n) is 4.96. The summed E-state index contributed by atoms with van der Waals surface area (Å²) in [7, 11) is 1.90. The van der Waals surface area contributed by atoms with Crippen molar-refractivity contribution in [3.63, 3.8) is 0 Å². The summed E-state index contributed by atoms with van der Waals surface area (Å²) in [6, 6.07) is 0.310. The van der Waals surface area contributed by atoms with Crippen molar-refractivity contribution in [3.8, 4) is 0 Å². The van der Waals surface area contributed by atoms with E-state index in [4.69, 9.17) is 5.11 Å². The average Bonchev–Trinajstić information content (AvgIpc) is 2.26. The highest BCUT2D eigenvalue weighted by molar-refractivity contribution is 7.99. The number of aliphatic hydroxyl groups excluding tert-OH is 1. The minimum atomic E-state index is 0.209. The monoisotopic (exact) mass is 227 g/mol. The number of hydrogen-bond acceptors (Lipinski definition) is 5. The fraction of sp³-hybridized carbons (Fsp3) is 0.600. The van der Waals surface area contributed by atoms with Crippen LogP contribution in [0.1, 0.15) is 12.0 Å². The van der Waals surface area contributed by atoms with Gasteiger partial charge in [-0.3, -0.25) is 0 Å². The Labute approximate surface area is 94.5 Å². The first-order valence-corrected chi connectivity index (χ1v) is 5.94. The molecule has 0 bridgehead atoms.